The first-order chi connectivity index (χ1) is 6.59. The van der Waals surface area contributed by atoms with Crippen LogP contribution in [0.25, 0.3) is 0 Å². The SMILES string of the molecule is NC(=O)NN=Cc1ccc(N(O)O)o1. The predicted octanol–water partition coefficient (Wildman–Crippen LogP) is -0.133. The molecule has 1 rings (SSSR count). The van der Waals surface area contributed by atoms with E-state index in [9.17, 15) is 4.79 Å². The Labute approximate surface area is 78.1 Å². The highest BCUT2D eigenvalue weighted by atomic mass is 16.8. The quantitative estimate of drug-likeness (QED) is 0.399. The maximum atomic E-state index is 10.2. The van der Waals surface area contributed by atoms with Crippen LogP contribution in [0.4, 0.5) is 10.7 Å². The molecule has 0 atom stereocenters. The molecule has 0 unspecified atom stereocenters. The Morgan fingerprint density at radius 2 is 2.36 bits per heavy atom. The van der Waals surface area contributed by atoms with Crippen LogP contribution < -0.4 is 16.4 Å². The number of rotatable bonds is 3. The lowest BCUT2D eigenvalue weighted by molar-refractivity contribution is 0.0174. The van der Waals surface area contributed by atoms with E-state index in [1.165, 1.54) is 12.1 Å². The molecule has 8 heteroatoms. The Kier molecular flexibility index (Phi) is 3.05. The number of hydrazone groups is 1. The molecule has 8 nitrogen and oxygen atoms in total. The molecule has 0 fully saturated rings. The Bertz CT molecular complexity index is 345. The molecule has 1 heterocycles. The smallest absolute Gasteiger partial charge is 0.332 e. The third kappa shape index (κ3) is 2.77. The van der Waals surface area contributed by atoms with Crippen molar-refractivity contribution >= 4 is 18.1 Å². The normalized spacial score (nSPS) is 10.4. The number of hydrogen-bond donors (Lipinski definition) is 4. The highest BCUT2D eigenvalue weighted by molar-refractivity contribution is 5.79. The second-order valence-corrected chi connectivity index (χ2v) is 2.20. The average Bonchev–Trinajstić information content (AvgIpc) is 2.52. The van der Waals surface area contributed by atoms with Crippen molar-refractivity contribution in [2.24, 2.45) is 10.8 Å². The van der Waals surface area contributed by atoms with Gasteiger partial charge < -0.3 is 10.2 Å². The molecular weight excluding hydrogens is 192 g/mol. The molecule has 2 amide bonds. The van der Waals surface area contributed by atoms with Crippen molar-refractivity contribution in [3.63, 3.8) is 0 Å². The van der Waals surface area contributed by atoms with Crippen molar-refractivity contribution in [2.45, 2.75) is 0 Å². The van der Waals surface area contributed by atoms with Gasteiger partial charge in [0.25, 0.3) is 0 Å². The number of nitrogens with two attached hydrogens (primary N) is 1. The minimum atomic E-state index is -0.807. The topological polar surface area (TPSA) is 124 Å². The van der Waals surface area contributed by atoms with Gasteiger partial charge in [-0.15, -0.1) is 0 Å². The first-order valence-electron chi connectivity index (χ1n) is 3.46. The van der Waals surface area contributed by atoms with Crippen LogP contribution in [0.3, 0.4) is 0 Å². The molecule has 0 bridgehead atoms. The van der Waals surface area contributed by atoms with E-state index in [1.807, 2.05) is 5.43 Å². The van der Waals surface area contributed by atoms with Crippen molar-refractivity contribution < 1.29 is 19.6 Å². The molecule has 76 valence electrons. The van der Waals surface area contributed by atoms with Crippen LogP contribution in [0.5, 0.6) is 0 Å². The number of carbonyl (C=O) groups is 1. The molecule has 0 aliphatic carbocycles. The maximum Gasteiger partial charge on any atom is 0.332 e. The van der Waals surface area contributed by atoms with Crippen LogP contribution in [0, 0.1) is 0 Å². The molecule has 0 aromatic carbocycles. The van der Waals surface area contributed by atoms with Crippen LogP contribution in [0.1, 0.15) is 5.76 Å². The van der Waals surface area contributed by atoms with Crippen LogP contribution in [-0.2, 0) is 0 Å². The Balaban J connectivity index is 2.59. The fourth-order valence-electron chi connectivity index (χ4n) is 0.679. The van der Waals surface area contributed by atoms with E-state index < -0.39 is 6.03 Å². The number of urea groups is 1. The van der Waals surface area contributed by atoms with Gasteiger partial charge in [0.2, 0.25) is 5.88 Å². The third-order valence-electron chi connectivity index (χ3n) is 1.18. The summed E-state index contributed by atoms with van der Waals surface area (Å²) in [4.78, 5) is 10.2. The number of nitrogens with one attached hydrogen (secondary N) is 1. The van der Waals surface area contributed by atoms with Gasteiger partial charge in [-0.05, 0) is 6.07 Å². The second kappa shape index (κ2) is 4.25. The van der Waals surface area contributed by atoms with E-state index in [2.05, 4.69) is 5.10 Å². The number of anilines is 1. The van der Waals surface area contributed by atoms with Gasteiger partial charge >= 0.3 is 6.03 Å². The molecule has 0 spiro atoms. The average molecular weight is 200 g/mol. The minimum absolute atomic E-state index is 0.175. The molecule has 0 aliphatic heterocycles. The number of carbonyl (C=O) groups excluding carboxylic acids is 1. The number of hydrogen-bond acceptors (Lipinski definition) is 6. The molecule has 1 aromatic rings. The van der Waals surface area contributed by atoms with Crippen LogP contribution in [-0.4, -0.2) is 22.7 Å². The van der Waals surface area contributed by atoms with Crippen LogP contribution in [0.15, 0.2) is 21.7 Å². The van der Waals surface area contributed by atoms with Gasteiger partial charge in [-0.25, -0.2) is 10.2 Å². The fourth-order valence-corrected chi connectivity index (χ4v) is 0.679. The number of amides is 2. The molecule has 0 aliphatic rings. The van der Waals surface area contributed by atoms with E-state index in [1.54, 1.807) is 0 Å². The summed E-state index contributed by atoms with van der Waals surface area (Å²) in [5.74, 6) is 0.0485. The standard InChI is InChI=1S/C6H8N4O4/c7-6(11)9-8-3-4-1-2-5(14-4)10(12)13/h1-3,12-13H,(H3,7,9,11). The van der Waals surface area contributed by atoms with Gasteiger partial charge in [0.05, 0.1) is 6.21 Å². The summed E-state index contributed by atoms with van der Waals surface area (Å²) in [6, 6.07) is 1.91. The zero-order valence-corrected chi connectivity index (χ0v) is 6.91. The van der Waals surface area contributed by atoms with Crippen LogP contribution in [0.2, 0.25) is 0 Å². The zero-order chi connectivity index (χ0) is 10.6. The van der Waals surface area contributed by atoms with E-state index in [0.717, 1.165) is 6.21 Å². The van der Waals surface area contributed by atoms with Gasteiger partial charge in [-0.1, -0.05) is 5.23 Å². The molecule has 1 aromatic heterocycles. The van der Waals surface area contributed by atoms with Crippen molar-refractivity contribution in [3.8, 4) is 0 Å². The lowest BCUT2D eigenvalue weighted by Gasteiger charge is -2.00. The largest absolute Gasteiger partial charge is 0.435 e. The summed E-state index contributed by atoms with van der Waals surface area (Å²) in [6.45, 7) is 0. The fraction of sp³-hybridized carbons (Fsp3) is 0. The summed E-state index contributed by atoms with van der Waals surface area (Å²) in [7, 11) is 0. The number of furan rings is 1. The molecular formula is C6H8N4O4. The monoisotopic (exact) mass is 200 g/mol. The van der Waals surface area contributed by atoms with E-state index in [4.69, 9.17) is 20.6 Å². The summed E-state index contributed by atoms with van der Waals surface area (Å²) in [5.41, 5.74) is 6.67. The van der Waals surface area contributed by atoms with E-state index in [-0.39, 0.29) is 16.9 Å². The lowest BCUT2D eigenvalue weighted by Crippen LogP contribution is -2.24. The highest BCUT2D eigenvalue weighted by Crippen LogP contribution is 2.13. The number of primary amides is 1. The molecule has 0 saturated carbocycles. The van der Waals surface area contributed by atoms with E-state index >= 15 is 0 Å². The van der Waals surface area contributed by atoms with E-state index in [0.29, 0.717) is 0 Å². The Morgan fingerprint density at radius 3 is 2.86 bits per heavy atom. The summed E-state index contributed by atoms with van der Waals surface area (Å²) in [6.07, 6.45) is 1.15. The molecule has 0 saturated heterocycles. The minimum Gasteiger partial charge on any atom is -0.435 e. The Morgan fingerprint density at radius 1 is 1.64 bits per heavy atom. The molecule has 0 radical (unpaired) electrons. The Hall–Kier alpha value is -2.06. The van der Waals surface area contributed by atoms with Gasteiger partial charge in [0, 0.05) is 6.07 Å². The van der Waals surface area contributed by atoms with Gasteiger partial charge in [-0.3, -0.25) is 10.4 Å². The van der Waals surface area contributed by atoms with Crippen molar-refractivity contribution in [1.82, 2.24) is 5.43 Å². The number of nitrogens with zero attached hydrogens (tertiary/aromatic N) is 2. The van der Waals surface area contributed by atoms with Gasteiger partial charge in [0.15, 0.2) is 0 Å². The second-order valence-electron chi connectivity index (χ2n) is 2.20. The third-order valence-corrected chi connectivity index (χ3v) is 1.18. The zero-order valence-electron chi connectivity index (χ0n) is 6.91. The maximum absolute atomic E-state index is 10.2. The highest BCUT2D eigenvalue weighted by Gasteiger charge is 2.03. The first-order valence-corrected chi connectivity index (χ1v) is 3.46. The molecule has 5 N–H and O–H groups in total. The van der Waals surface area contributed by atoms with Crippen molar-refractivity contribution in [2.75, 3.05) is 5.23 Å². The molecule has 14 heavy (non-hydrogen) atoms. The summed E-state index contributed by atoms with van der Waals surface area (Å²) in [5, 5.41) is 20.2. The van der Waals surface area contributed by atoms with Crippen molar-refractivity contribution in [3.05, 3.63) is 17.9 Å². The summed E-state index contributed by atoms with van der Waals surface area (Å²) < 4.78 is 4.81. The first kappa shape index (κ1) is 10.0. The lowest BCUT2D eigenvalue weighted by atomic mass is 10.5. The van der Waals surface area contributed by atoms with Gasteiger partial charge in [0.1, 0.15) is 5.76 Å². The predicted molar refractivity (Wildman–Crippen MR) is 45.1 cm³/mol. The van der Waals surface area contributed by atoms with Crippen LogP contribution >= 0.6 is 0 Å². The van der Waals surface area contributed by atoms with Crippen molar-refractivity contribution in [1.29, 1.82) is 0 Å². The summed E-state index contributed by atoms with van der Waals surface area (Å²) >= 11 is 0. The van der Waals surface area contributed by atoms with Gasteiger partial charge in [-0.2, -0.15) is 5.10 Å².